The van der Waals surface area contributed by atoms with E-state index < -0.39 is 0 Å². The van der Waals surface area contributed by atoms with Crippen molar-refractivity contribution in [1.29, 1.82) is 0 Å². The highest BCUT2D eigenvalue weighted by Crippen LogP contribution is 2.41. The largest absolute Gasteiger partial charge is 0.146 e. The molecule has 0 atom stereocenters. The number of hydrogen-bond acceptors (Lipinski definition) is 7. The molecule has 7 heteroatoms. The minimum atomic E-state index is 1.14. The molecule has 0 nitrogen and oxygen atoms in total. The molecule has 0 N–H and O–H groups in total. The van der Waals surface area contributed by atoms with E-state index in [-0.39, 0.29) is 0 Å². The smallest absolute Gasteiger partial charge is 0.0813 e. The quantitative estimate of drug-likeness (QED) is 0.0469. The SMILES string of the molecule is CC#Cc1cc(CCCCCC)c(C#CC)s1.CCCCCCc1cc(C)sc1-c1sc(C)cc1CCCCCC.CCCCCCc1cc(C)sc1C.Cc1ccc(-c2ccc(C)s2)s1.Cc1ccc(C)s1. The maximum absolute atomic E-state index is 3.20. The zero-order valence-electron chi connectivity index (χ0n) is 47.8. The molecule has 0 saturated carbocycles. The summed E-state index contributed by atoms with van der Waals surface area (Å²) < 4.78 is 0. The van der Waals surface area contributed by atoms with Gasteiger partial charge in [0.15, 0.2) is 0 Å². The fourth-order valence-electron chi connectivity index (χ4n) is 8.50. The van der Waals surface area contributed by atoms with E-state index in [4.69, 9.17) is 0 Å². The van der Waals surface area contributed by atoms with Gasteiger partial charge in [0.1, 0.15) is 0 Å². The van der Waals surface area contributed by atoms with E-state index in [9.17, 15) is 0 Å². The van der Waals surface area contributed by atoms with Gasteiger partial charge < -0.3 is 0 Å². The Bertz CT molecular complexity index is 2560. The van der Waals surface area contributed by atoms with Crippen molar-refractivity contribution in [3.8, 4) is 43.2 Å². The monoisotopic (exact) mass is 1110 g/mol. The Balaban J connectivity index is 0.000000253. The summed E-state index contributed by atoms with van der Waals surface area (Å²) in [4.78, 5) is 19.8. The second-order valence-electron chi connectivity index (χ2n) is 19.3. The van der Waals surface area contributed by atoms with Crippen molar-refractivity contribution in [2.45, 2.75) is 225 Å². The van der Waals surface area contributed by atoms with Crippen LogP contribution in [-0.2, 0) is 25.7 Å². The molecular weight excluding hydrogens is 1020 g/mol. The maximum Gasteiger partial charge on any atom is 0.0813 e. The molecule has 0 saturated heterocycles. The molecule has 0 aliphatic heterocycles. The van der Waals surface area contributed by atoms with Gasteiger partial charge in [0, 0.05) is 58.5 Å². The molecule has 0 bridgehead atoms. The van der Waals surface area contributed by atoms with Gasteiger partial charge in [-0.25, -0.2) is 0 Å². The van der Waals surface area contributed by atoms with Gasteiger partial charge >= 0.3 is 0 Å². The number of hydrogen-bond donors (Lipinski definition) is 0. The van der Waals surface area contributed by atoms with Gasteiger partial charge in [-0.05, 0) is 204 Å². The zero-order valence-corrected chi connectivity index (χ0v) is 53.5. The molecule has 0 amide bonds. The molecule has 7 rings (SSSR count). The van der Waals surface area contributed by atoms with Crippen LogP contribution >= 0.6 is 79.4 Å². The van der Waals surface area contributed by atoms with Gasteiger partial charge in [0.2, 0.25) is 0 Å². The molecule has 0 fully saturated rings. The standard InChI is InChI=1S/C22H34S2.C16H20S.C12H20S.C10H10S2.C6H8S/c1-5-7-9-11-13-19-15-17(3)23-21(19)22-20(16-18(4)24-22)14-12-10-8-6-2;1-4-7-8-9-12-14-13-15(10-5-2)17-16(14)11-6-3;1-4-5-6-7-8-12-9-10(2)13-11(12)3;1-7-3-5-9(11-7)10-6-4-8(2)12-10;1-5-3-4-6(2)7-5/h15-16H,5-14H2,1-4H3;13H,4,7-9,12H2,1-3H3;9H,4-8H2,1-3H3;3-6H,1-2H3;3-4H,1-2H3. The predicted octanol–water partition coefficient (Wildman–Crippen LogP) is 23.9. The molecule has 398 valence electrons. The Morgan fingerprint density at radius 1 is 0.329 bits per heavy atom. The summed E-state index contributed by atoms with van der Waals surface area (Å²) in [5.74, 6) is 12.3. The molecule has 0 aliphatic carbocycles. The first kappa shape index (κ1) is 64.3. The lowest BCUT2D eigenvalue weighted by atomic mass is 10.0. The van der Waals surface area contributed by atoms with Crippen LogP contribution in [0.2, 0.25) is 0 Å². The Morgan fingerprint density at radius 2 is 0.699 bits per heavy atom. The maximum atomic E-state index is 3.20. The predicted molar refractivity (Wildman–Crippen MR) is 343 cm³/mol. The molecule has 7 heterocycles. The van der Waals surface area contributed by atoms with Crippen LogP contribution in [0, 0.1) is 79.1 Å². The first-order chi connectivity index (χ1) is 35.2. The van der Waals surface area contributed by atoms with Gasteiger partial charge in [-0.3, -0.25) is 0 Å². The summed E-state index contributed by atoms with van der Waals surface area (Å²) >= 11 is 13.3. The van der Waals surface area contributed by atoms with Crippen molar-refractivity contribution in [1.82, 2.24) is 0 Å². The number of thiophene rings is 7. The van der Waals surface area contributed by atoms with Gasteiger partial charge in [-0.1, -0.05) is 117 Å². The van der Waals surface area contributed by atoms with E-state index in [0.717, 1.165) is 11.3 Å². The van der Waals surface area contributed by atoms with Crippen molar-refractivity contribution in [3.05, 3.63) is 132 Å². The average molecular weight is 1110 g/mol. The fraction of sp³-hybridized carbons (Fsp3) is 0.515. The summed E-state index contributed by atoms with van der Waals surface area (Å²) in [6, 6.07) is 22.5. The van der Waals surface area contributed by atoms with Crippen LogP contribution < -0.4 is 0 Å². The summed E-state index contributed by atoms with van der Waals surface area (Å²) in [6.07, 6.45) is 26.5. The summed E-state index contributed by atoms with van der Waals surface area (Å²) in [5.41, 5.74) is 6.17. The number of unbranched alkanes of at least 4 members (excludes halogenated alkanes) is 12. The topological polar surface area (TPSA) is 0 Å². The molecule has 0 aromatic carbocycles. The van der Waals surface area contributed by atoms with Crippen LogP contribution in [-0.4, -0.2) is 0 Å². The first-order valence-corrected chi connectivity index (χ1v) is 33.4. The van der Waals surface area contributed by atoms with Crippen molar-refractivity contribution >= 4 is 79.4 Å². The van der Waals surface area contributed by atoms with Crippen LogP contribution in [0.15, 0.2) is 60.7 Å². The zero-order chi connectivity index (χ0) is 53.4. The van der Waals surface area contributed by atoms with Crippen molar-refractivity contribution in [2.75, 3.05) is 0 Å². The molecule has 0 radical (unpaired) electrons. The minimum absolute atomic E-state index is 1.14. The molecule has 73 heavy (non-hydrogen) atoms. The van der Waals surface area contributed by atoms with E-state index >= 15 is 0 Å². The molecular formula is C66H92S7. The summed E-state index contributed by atoms with van der Waals surface area (Å²) in [6.45, 7) is 30.4. The molecule has 7 aromatic heterocycles. The van der Waals surface area contributed by atoms with Crippen LogP contribution in [0.5, 0.6) is 0 Å². The summed E-state index contributed by atoms with van der Waals surface area (Å²) in [7, 11) is 0. The fourth-order valence-corrected chi connectivity index (χ4v) is 15.4. The minimum Gasteiger partial charge on any atom is -0.146 e. The van der Waals surface area contributed by atoms with E-state index in [2.05, 4.69) is 167 Å². The molecule has 0 unspecified atom stereocenters. The normalized spacial score (nSPS) is 10.4. The second kappa shape index (κ2) is 37.7. The Morgan fingerprint density at radius 3 is 1.04 bits per heavy atom. The highest BCUT2D eigenvalue weighted by molar-refractivity contribution is 7.23. The van der Waals surface area contributed by atoms with E-state index in [1.807, 2.05) is 81.9 Å². The van der Waals surface area contributed by atoms with Crippen LogP contribution in [0.4, 0.5) is 0 Å². The second-order valence-corrected chi connectivity index (χ2v) is 28.4. The van der Waals surface area contributed by atoms with Crippen molar-refractivity contribution < 1.29 is 0 Å². The Kier molecular flexibility index (Phi) is 33.2. The molecule has 0 spiro atoms. The highest BCUT2D eigenvalue weighted by atomic mass is 32.1. The first-order valence-electron chi connectivity index (χ1n) is 27.6. The average Bonchev–Trinajstić information content (AvgIpc) is 4.26. The third-order valence-electron chi connectivity index (χ3n) is 12.3. The van der Waals surface area contributed by atoms with Gasteiger partial charge in [0.25, 0.3) is 0 Å². The lowest BCUT2D eigenvalue weighted by molar-refractivity contribution is 0.666. The molecule has 7 aromatic rings. The highest BCUT2D eigenvalue weighted by Gasteiger charge is 2.16. The van der Waals surface area contributed by atoms with Crippen LogP contribution in [0.3, 0.4) is 0 Å². The van der Waals surface area contributed by atoms with E-state index in [0.29, 0.717) is 0 Å². The third kappa shape index (κ3) is 25.6. The Hall–Kier alpha value is -2.98. The third-order valence-corrected chi connectivity index (χ3v) is 19.8. The number of rotatable bonds is 22. The Labute approximate surface area is 475 Å². The lowest BCUT2D eigenvalue weighted by Gasteiger charge is -2.06. The van der Waals surface area contributed by atoms with E-state index in [1.165, 1.54) is 181 Å². The van der Waals surface area contributed by atoms with Crippen molar-refractivity contribution in [2.24, 2.45) is 0 Å². The lowest BCUT2D eigenvalue weighted by Crippen LogP contribution is -1.89. The van der Waals surface area contributed by atoms with Crippen LogP contribution in [0.25, 0.3) is 19.5 Å². The van der Waals surface area contributed by atoms with Crippen molar-refractivity contribution in [3.63, 3.8) is 0 Å². The summed E-state index contributed by atoms with van der Waals surface area (Å²) in [5, 5.41) is 0. The van der Waals surface area contributed by atoms with Gasteiger partial charge in [0.05, 0.1) is 9.75 Å². The van der Waals surface area contributed by atoms with Gasteiger partial charge in [-0.15, -0.1) is 91.2 Å². The van der Waals surface area contributed by atoms with Gasteiger partial charge in [-0.2, -0.15) is 0 Å². The number of aryl methyl sites for hydroxylation is 12. The van der Waals surface area contributed by atoms with E-state index in [1.54, 1.807) is 37.8 Å². The molecule has 0 aliphatic rings. The van der Waals surface area contributed by atoms with Crippen LogP contribution in [0.1, 0.15) is 215 Å².